The highest BCUT2D eigenvalue weighted by atomic mass is 35.5. The van der Waals surface area contributed by atoms with Crippen LogP contribution in [0.1, 0.15) is 31.9 Å². The Labute approximate surface area is 208 Å². The van der Waals surface area contributed by atoms with Gasteiger partial charge in [0.15, 0.2) is 0 Å². The number of hydrogen-bond acceptors (Lipinski definition) is 5. The van der Waals surface area contributed by atoms with Crippen LogP contribution in [0.15, 0.2) is 42.5 Å². The van der Waals surface area contributed by atoms with Crippen LogP contribution in [0, 0.1) is 5.92 Å². The minimum atomic E-state index is -0.505. The van der Waals surface area contributed by atoms with Gasteiger partial charge in [0.25, 0.3) is 0 Å². The van der Waals surface area contributed by atoms with Crippen molar-refractivity contribution in [2.75, 3.05) is 51.8 Å². The molecular formula is C26H36Cl2N2O3. The van der Waals surface area contributed by atoms with Crippen molar-refractivity contribution in [1.82, 2.24) is 10.2 Å². The maximum absolute atomic E-state index is 10.3. The van der Waals surface area contributed by atoms with Crippen LogP contribution in [0.3, 0.4) is 0 Å². The SMILES string of the molecule is CC(CCl)COc1ccc(C(C)(C)c2ccc(OCC(O)CN3CCNCC3)cc2)cc1Cl. The third-order valence-corrected chi connectivity index (χ3v) is 6.96. The summed E-state index contributed by atoms with van der Waals surface area (Å²) in [5, 5.41) is 14.2. The molecule has 0 bridgehead atoms. The molecule has 5 nitrogen and oxygen atoms in total. The Morgan fingerprint density at radius 1 is 1.03 bits per heavy atom. The van der Waals surface area contributed by atoms with Gasteiger partial charge in [-0.15, -0.1) is 11.6 Å². The molecule has 2 aromatic carbocycles. The zero-order valence-electron chi connectivity index (χ0n) is 19.8. The van der Waals surface area contributed by atoms with Crippen molar-refractivity contribution in [3.63, 3.8) is 0 Å². The number of halogens is 2. The van der Waals surface area contributed by atoms with Gasteiger partial charge in [-0.3, -0.25) is 4.90 Å². The molecule has 0 aliphatic carbocycles. The maximum Gasteiger partial charge on any atom is 0.137 e. The van der Waals surface area contributed by atoms with Gasteiger partial charge < -0.3 is 19.9 Å². The van der Waals surface area contributed by atoms with E-state index in [1.807, 2.05) is 31.2 Å². The third-order valence-electron chi connectivity index (χ3n) is 6.14. The van der Waals surface area contributed by atoms with E-state index in [0.717, 1.165) is 43.1 Å². The van der Waals surface area contributed by atoms with Gasteiger partial charge in [-0.2, -0.15) is 0 Å². The molecule has 0 radical (unpaired) electrons. The van der Waals surface area contributed by atoms with Crippen LogP contribution < -0.4 is 14.8 Å². The van der Waals surface area contributed by atoms with Crippen molar-refractivity contribution >= 4 is 23.2 Å². The van der Waals surface area contributed by atoms with E-state index in [9.17, 15) is 5.11 Å². The van der Waals surface area contributed by atoms with E-state index in [-0.39, 0.29) is 17.9 Å². The van der Waals surface area contributed by atoms with Crippen molar-refractivity contribution < 1.29 is 14.6 Å². The van der Waals surface area contributed by atoms with Crippen LogP contribution in [0.5, 0.6) is 11.5 Å². The highest BCUT2D eigenvalue weighted by molar-refractivity contribution is 6.32. The van der Waals surface area contributed by atoms with E-state index in [1.165, 1.54) is 0 Å². The number of nitrogens with zero attached hydrogens (tertiary/aromatic N) is 1. The van der Waals surface area contributed by atoms with E-state index in [2.05, 4.69) is 42.3 Å². The van der Waals surface area contributed by atoms with E-state index >= 15 is 0 Å². The Hall–Kier alpha value is -1.50. The molecule has 0 spiro atoms. The highest BCUT2D eigenvalue weighted by Crippen LogP contribution is 2.36. The third kappa shape index (κ3) is 7.49. The van der Waals surface area contributed by atoms with Crippen LogP contribution in [-0.4, -0.2) is 67.9 Å². The predicted molar refractivity (Wildman–Crippen MR) is 136 cm³/mol. The van der Waals surface area contributed by atoms with E-state index < -0.39 is 6.10 Å². The topological polar surface area (TPSA) is 54.0 Å². The van der Waals surface area contributed by atoms with Gasteiger partial charge in [0.05, 0.1) is 11.6 Å². The van der Waals surface area contributed by atoms with Crippen molar-refractivity contribution in [2.24, 2.45) is 5.92 Å². The number of β-amino-alcohol motifs (C(OH)–C–C–N with tert-alkyl or cyclic N) is 1. The van der Waals surface area contributed by atoms with Gasteiger partial charge in [-0.25, -0.2) is 0 Å². The molecule has 182 valence electrons. The van der Waals surface area contributed by atoms with Crippen molar-refractivity contribution in [1.29, 1.82) is 0 Å². The van der Waals surface area contributed by atoms with Crippen LogP contribution in [0.25, 0.3) is 0 Å². The van der Waals surface area contributed by atoms with Crippen molar-refractivity contribution in [3.8, 4) is 11.5 Å². The lowest BCUT2D eigenvalue weighted by Crippen LogP contribution is -2.47. The monoisotopic (exact) mass is 494 g/mol. The molecular weight excluding hydrogens is 459 g/mol. The fourth-order valence-electron chi connectivity index (χ4n) is 3.85. The zero-order valence-corrected chi connectivity index (χ0v) is 21.3. The van der Waals surface area contributed by atoms with Gasteiger partial charge in [0, 0.05) is 49.9 Å². The second kappa shape index (κ2) is 12.3. The largest absolute Gasteiger partial charge is 0.492 e. The summed E-state index contributed by atoms with van der Waals surface area (Å²) in [4.78, 5) is 2.26. The number of rotatable bonds is 11. The van der Waals surface area contributed by atoms with Crippen LogP contribution >= 0.6 is 23.2 Å². The lowest BCUT2D eigenvalue weighted by Gasteiger charge is -2.29. The number of hydrogen-bond donors (Lipinski definition) is 2. The van der Waals surface area contributed by atoms with Gasteiger partial charge in [0.2, 0.25) is 0 Å². The summed E-state index contributed by atoms with van der Waals surface area (Å²) in [5.74, 6) is 2.25. The first-order valence-electron chi connectivity index (χ1n) is 11.6. The molecule has 1 fully saturated rings. The first-order valence-corrected chi connectivity index (χ1v) is 12.5. The Morgan fingerprint density at radius 3 is 2.33 bits per heavy atom. The molecule has 2 N–H and O–H groups in total. The van der Waals surface area contributed by atoms with Gasteiger partial charge in [-0.1, -0.05) is 50.6 Å². The van der Waals surface area contributed by atoms with Gasteiger partial charge in [-0.05, 0) is 35.4 Å². The normalized spacial score (nSPS) is 16.9. The maximum atomic E-state index is 10.3. The number of piperazine rings is 1. The molecule has 3 rings (SSSR count). The Bertz CT molecular complexity index is 870. The summed E-state index contributed by atoms with van der Waals surface area (Å²) in [5.41, 5.74) is 2.01. The average Bonchev–Trinajstić information content (AvgIpc) is 2.82. The minimum Gasteiger partial charge on any atom is -0.492 e. The quantitative estimate of drug-likeness (QED) is 0.448. The van der Waals surface area contributed by atoms with Crippen LogP contribution in [-0.2, 0) is 5.41 Å². The number of aliphatic hydroxyl groups excluding tert-OH is 1. The second-order valence-corrected chi connectivity index (χ2v) is 10.1. The molecule has 1 heterocycles. The van der Waals surface area contributed by atoms with E-state index in [4.69, 9.17) is 32.7 Å². The lowest BCUT2D eigenvalue weighted by atomic mass is 9.78. The number of nitrogens with one attached hydrogen (secondary N) is 1. The zero-order chi connectivity index (χ0) is 23.8. The van der Waals surface area contributed by atoms with Gasteiger partial charge in [0.1, 0.15) is 24.2 Å². The average molecular weight is 495 g/mol. The molecule has 0 saturated carbocycles. The molecule has 7 heteroatoms. The minimum absolute atomic E-state index is 0.244. The van der Waals surface area contributed by atoms with E-state index in [0.29, 0.717) is 29.8 Å². The molecule has 1 aliphatic rings. The van der Waals surface area contributed by atoms with Crippen molar-refractivity contribution in [3.05, 3.63) is 58.6 Å². The summed E-state index contributed by atoms with van der Waals surface area (Å²) in [6, 6.07) is 14.0. The Balaban J connectivity index is 1.57. The predicted octanol–water partition coefficient (Wildman–Crippen LogP) is 4.56. The Kier molecular flexibility index (Phi) is 9.71. The molecule has 2 aromatic rings. The first-order chi connectivity index (χ1) is 15.8. The number of ether oxygens (including phenoxy) is 2. The van der Waals surface area contributed by atoms with E-state index in [1.54, 1.807) is 0 Å². The smallest absolute Gasteiger partial charge is 0.137 e. The Morgan fingerprint density at radius 2 is 1.70 bits per heavy atom. The van der Waals surface area contributed by atoms with Crippen LogP contribution in [0.4, 0.5) is 0 Å². The fourth-order valence-corrected chi connectivity index (χ4v) is 4.18. The molecule has 0 amide bonds. The van der Waals surface area contributed by atoms with Crippen LogP contribution in [0.2, 0.25) is 5.02 Å². The lowest BCUT2D eigenvalue weighted by molar-refractivity contribution is 0.0641. The molecule has 2 atom stereocenters. The van der Waals surface area contributed by atoms with Crippen molar-refractivity contribution in [2.45, 2.75) is 32.3 Å². The molecule has 1 saturated heterocycles. The standard InChI is InChI=1S/C26H36Cl2N2O3/c1-19(15-27)17-33-25-9-6-21(14-24(25)28)26(2,3)20-4-7-23(8-5-20)32-18-22(31)16-30-12-10-29-11-13-30/h4-9,14,19,22,29,31H,10-13,15-18H2,1-3H3. The molecule has 1 aliphatic heterocycles. The summed E-state index contributed by atoms with van der Waals surface area (Å²) in [6.07, 6.45) is -0.505. The number of benzene rings is 2. The molecule has 33 heavy (non-hydrogen) atoms. The summed E-state index contributed by atoms with van der Waals surface area (Å²) in [7, 11) is 0. The molecule has 0 aromatic heterocycles. The molecule has 2 unspecified atom stereocenters. The fraction of sp³-hybridized carbons (Fsp3) is 0.538. The van der Waals surface area contributed by atoms with Gasteiger partial charge >= 0.3 is 0 Å². The highest BCUT2D eigenvalue weighted by Gasteiger charge is 2.24. The summed E-state index contributed by atoms with van der Waals surface area (Å²) < 4.78 is 11.6. The number of aliphatic hydroxyl groups is 1. The summed E-state index contributed by atoms with van der Waals surface area (Å²) >= 11 is 12.4. The summed E-state index contributed by atoms with van der Waals surface area (Å²) in [6.45, 7) is 11.7. The second-order valence-electron chi connectivity index (χ2n) is 9.38. The number of alkyl halides is 1. The first kappa shape index (κ1) is 26.1.